The van der Waals surface area contributed by atoms with Crippen LogP contribution in [-0.2, 0) is 4.79 Å². The highest BCUT2D eigenvalue weighted by atomic mass is 16.6. The summed E-state index contributed by atoms with van der Waals surface area (Å²) in [6.45, 7) is 4.76. The molecule has 1 fully saturated rings. The van der Waals surface area contributed by atoms with Gasteiger partial charge in [-0.15, -0.1) is 0 Å². The van der Waals surface area contributed by atoms with Crippen molar-refractivity contribution in [3.63, 3.8) is 0 Å². The minimum absolute atomic E-state index is 0.0461. The normalized spacial score (nSPS) is 18.1. The first-order chi connectivity index (χ1) is 14.7. The summed E-state index contributed by atoms with van der Waals surface area (Å²) < 4.78 is 17.1. The summed E-state index contributed by atoms with van der Waals surface area (Å²) in [7, 11) is 0. The minimum atomic E-state index is -0.658. The van der Waals surface area contributed by atoms with E-state index in [1.165, 1.54) is 0 Å². The second-order valence-electron chi connectivity index (χ2n) is 7.36. The third kappa shape index (κ3) is 4.35. The van der Waals surface area contributed by atoms with Gasteiger partial charge in [-0.05, 0) is 36.8 Å². The van der Waals surface area contributed by atoms with Gasteiger partial charge in [-0.1, -0.05) is 25.1 Å². The number of amides is 2. The standard InChI is InChI=1S/C23H26N2O5/c1-2-14-28-18-7-5-6-17(15-18)22(26)24-10-12-25(13-11-24)23(27)21-16-29-19-8-3-4-9-20(19)30-21/h3-9,15,21H,2,10-14,16H2,1H3/t21-/m1/s1. The molecule has 2 aromatic rings. The van der Waals surface area contributed by atoms with E-state index in [4.69, 9.17) is 14.2 Å². The van der Waals surface area contributed by atoms with E-state index >= 15 is 0 Å². The number of benzene rings is 2. The van der Waals surface area contributed by atoms with E-state index in [0.29, 0.717) is 55.6 Å². The van der Waals surface area contributed by atoms with Gasteiger partial charge in [0.2, 0.25) is 6.10 Å². The minimum Gasteiger partial charge on any atom is -0.494 e. The van der Waals surface area contributed by atoms with Crippen LogP contribution in [0.4, 0.5) is 0 Å². The number of hydrogen-bond acceptors (Lipinski definition) is 5. The zero-order valence-electron chi connectivity index (χ0n) is 17.1. The third-order valence-electron chi connectivity index (χ3n) is 5.22. The van der Waals surface area contributed by atoms with Crippen molar-refractivity contribution in [2.45, 2.75) is 19.4 Å². The number of rotatable bonds is 5. The summed E-state index contributed by atoms with van der Waals surface area (Å²) in [4.78, 5) is 29.2. The quantitative estimate of drug-likeness (QED) is 0.758. The fourth-order valence-electron chi connectivity index (χ4n) is 3.60. The molecular weight excluding hydrogens is 384 g/mol. The maximum Gasteiger partial charge on any atom is 0.267 e. The number of hydrogen-bond donors (Lipinski definition) is 0. The Kier molecular flexibility index (Phi) is 6.07. The van der Waals surface area contributed by atoms with Crippen LogP contribution in [0.25, 0.3) is 0 Å². The highest BCUT2D eigenvalue weighted by molar-refractivity contribution is 5.94. The van der Waals surface area contributed by atoms with Crippen LogP contribution in [0.15, 0.2) is 48.5 Å². The zero-order chi connectivity index (χ0) is 20.9. The van der Waals surface area contributed by atoms with Crippen LogP contribution in [0.1, 0.15) is 23.7 Å². The van der Waals surface area contributed by atoms with Crippen LogP contribution in [0, 0.1) is 0 Å². The molecule has 0 saturated carbocycles. The molecule has 0 N–H and O–H groups in total. The SMILES string of the molecule is CCCOc1cccc(C(=O)N2CCN(C(=O)[C@H]3COc4ccccc4O3)CC2)c1. The molecule has 0 spiro atoms. The lowest BCUT2D eigenvalue weighted by Gasteiger charge is -2.37. The van der Waals surface area contributed by atoms with E-state index in [9.17, 15) is 9.59 Å². The maximum absolute atomic E-state index is 12.9. The van der Waals surface area contributed by atoms with Gasteiger partial charge >= 0.3 is 0 Å². The van der Waals surface area contributed by atoms with Crippen molar-refractivity contribution in [3.05, 3.63) is 54.1 Å². The van der Waals surface area contributed by atoms with Crippen LogP contribution in [0.3, 0.4) is 0 Å². The number of carbonyl (C=O) groups is 2. The van der Waals surface area contributed by atoms with Gasteiger partial charge in [0.05, 0.1) is 6.61 Å². The van der Waals surface area contributed by atoms with E-state index in [1.54, 1.807) is 28.0 Å². The third-order valence-corrected chi connectivity index (χ3v) is 5.22. The summed E-state index contributed by atoms with van der Waals surface area (Å²) in [5.74, 6) is 1.79. The summed E-state index contributed by atoms with van der Waals surface area (Å²) >= 11 is 0. The molecule has 1 atom stereocenters. The molecule has 2 aliphatic heterocycles. The highest BCUT2D eigenvalue weighted by Crippen LogP contribution is 2.31. The van der Waals surface area contributed by atoms with Crippen molar-refractivity contribution < 1.29 is 23.8 Å². The molecule has 0 radical (unpaired) electrons. The molecule has 7 nitrogen and oxygen atoms in total. The zero-order valence-corrected chi connectivity index (χ0v) is 17.1. The van der Waals surface area contributed by atoms with E-state index in [0.717, 1.165) is 6.42 Å². The number of nitrogens with zero attached hydrogens (tertiary/aromatic N) is 2. The molecule has 30 heavy (non-hydrogen) atoms. The van der Waals surface area contributed by atoms with Gasteiger partial charge < -0.3 is 24.0 Å². The molecule has 1 saturated heterocycles. The Morgan fingerprint density at radius 3 is 2.50 bits per heavy atom. The van der Waals surface area contributed by atoms with E-state index in [2.05, 4.69) is 0 Å². The Balaban J connectivity index is 1.33. The van der Waals surface area contributed by atoms with Gasteiger partial charge in [-0.2, -0.15) is 0 Å². The molecule has 2 aromatic carbocycles. The molecule has 4 rings (SSSR count). The summed E-state index contributed by atoms with van der Waals surface area (Å²) in [5.41, 5.74) is 0.601. The Labute approximate surface area is 176 Å². The summed E-state index contributed by atoms with van der Waals surface area (Å²) in [5, 5.41) is 0. The molecule has 2 aliphatic rings. The average molecular weight is 410 g/mol. The van der Waals surface area contributed by atoms with Crippen molar-refractivity contribution in [2.24, 2.45) is 0 Å². The Bertz CT molecular complexity index is 908. The molecule has 7 heteroatoms. The van der Waals surface area contributed by atoms with Crippen molar-refractivity contribution in [1.82, 2.24) is 9.80 Å². The smallest absolute Gasteiger partial charge is 0.267 e. The fraction of sp³-hybridized carbons (Fsp3) is 0.391. The lowest BCUT2D eigenvalue weighted by Crippen LogP contribution is -2.55. The van der Waals surface area contributed by atoms with Gasteiger partial charge in [-0.25, -0.2) is 0 Å². The predicted molar refractivity (Wildman–Crippen MR) is 111 cm³/mol. The fourth-order valence-corrected chi connectivity index (χ4v) is 3.60. The van der Waals surface area contributed by atoms with E-state index < -0.39 is 6.10 Å². The second kappa shape index (κ2) is 9.07. The lowest BCUT2D eigenvalue weighted by atomic mass is 10.1. The number of para-hydroxylation sites is 2. The first-order valence-corrected chi connectivity index (χ1v) is 10.3. The van der Waals surface area contributed by atoms with Crippen molar-refractivity contribution >= 4 is 11.8 Å². The number of piperazine rings is 1. The lowest BCUT2D eigenvalue weighted by molar-refractivity contribution is -0.142. The highest BCUT2D eigenvalue weighted by Gasteiger charge is 2.33. The van der Waals surface area contributed by atoms with E-state index in [1.807, 2.05) is 37.3 Å². The topological polar surface area (TPSA) is 68.3 Å². The molecule has 0 aliphatic carbocycles. The summed E-state index contributed by atoms with van der Waals surface area (Å²) in [6, 6.07) is 14.6. The van der Waals surface area contributed by atoms with Gasteiger partial charge in [0.1, 0.15) is 12.4 Å². The largest absolute Gasteiger partial charge is 0.494 e. The number of ether oxygens (including phenoxy) is 3. The Morgan fingerprint density at radius 1 is 1.00 bits per heavy atom. The van der Waals surface area contributed by atoms with Crippen molar-refractivity contribution in [2.75, 3.05) is 39.4 Å². The molecule has 158 valence electrons. The monoisotopic (exact) mass is 410 g/mol. The van der Waals surface area contributed by atoms with Gasteiger partial charge in [0.15, 0.2) is 11.5 Å². The first-order valence-electron chi connectivity index (χ1n) is 10.3. The number of fused-ring (bicyclic) bond motifs is 1. The first kappa shape index (κ1) is 20.1. The van der Waals surface area contributed by atoms with Gasteiger partial charge in [0, 0.05) is 31.7 Å². The van der Waals surface area contributed by atoms with Crippen LogP contribution in [0.2, 0.25) is 0 Å². The molecule has 0 bridgehead atoms. The number of carbonyl (C=O) groups excluding carboxylic acids is 2. The molecule has 2 heterocycles. The van der Waals surface area contributed by atoms with Crippen LogP contribution < -0.4 is 14.2 Å². The Hall–Kier alpha value is -3.22. The van der Waals surface area contributed by atoms with Crippen molar-refractivity contribution in [1.29, 1.82) is 0 Å². The molecule has 2 amide bonds. The van der Waals surface area contributed by atoms with Crippen molar-refractivity contribution in [3.8, 4) is 17.2 Å². The average Bonchev–Trinajstić information content (AvgIpc) is 2.81. The van der Waals surface area contributed by atoms with Crippen LogP contribution >= 0.6 is 0 Å². The van der Waals surface area contributed by atoms with Gasteiger partial charge in [0.25, 0.3) is 11.8 Å². The second-order valence-corrected chi connectivity index (χ2v) is 7.36. The van der Waals surface area contributed by atoms with Gasteiger partial charge in [-0.3, -0.25) is 9.59 Å². The predicted octanol–water partition coefficient (Wildman–Crippen LogP) is 2.60. The molecular formula is C23H26N2O5. The Morgan fingerprint density at radius 2 is 1.73 bits per heavy atom. The van der Waals surface area contributed by atoms with Crippen LogP contribution in [0.5, 0.6) is 17.2 Å². The molecule has 0 unspecified atom stereocenters. The van der Waals surface area contributed by atoms with E-state index in [-0.39, 0.29) is 18.4 Å². The maximum atomic E-state index is 12.9. The molecule has 0 aromatic heterocycles. The van der Waals surface area contributed by atoms with Crippen LogP contribution in [-0.4, -0.2) is 67.1 Å². The summed E-state index contributed by atoms with van der Waals surface area (Å²) in [6.07, 6.45) is 0.254.